The average molecular weight is 377 g/mol. The van der Waals surface area contributed by atoms with Gasteiger partial charge in [-0.3, -0.25) is 4.79 Å². The van der Waals surface area contributed by atoms with Crippen LogP contribution in [0.4, 0.5) is 5.69 Å². The molecule has 4 nitrogen and oxygen atoms in total. The van der Waals surface area contributed by atoms with Crippen LogP contribution >= 0.6 is 27.5 Å². The number of carbonyl (C=O) groups is 1. The number of hydrogen-bond donors (Lipinski definition) is 1. The summed E-state index contributed by atoms with van der Waals surface area (Å²) in [5.74, 6) is -0.210. The highest BCUT2D eigenvalue weighted by atomic mass is 79.9. The Balaban J connectivity index is 1.78. The summed E-state index contributed by atoms with van der Waals surface area (Å²) in [5, 5.41) is 7.69. The fraction of sp³-hybridized carbons (Fsp3) is 0. The molecule has 0 unspecified atom stereocenters. The van der Waals surface area contributed by atoms with E-state index in [0.29, 0.717) is 10.6 Å². The van der Waals surface area contributed by atoms with Gasteiger partial charge in [0.25, 0.3) is 5.91 Å². The lowest BCUT2D eigenvalue weighted by atomic mass is 10.3. The van der Waals surface area contributed by atoms with E-state index in [1.807, 2.05) is 36.4 Å². The highest BCUT2D eigenvalue weighted by Crippen LogP contribution is 2.17. The van der Waals surface area contributed by atoms with Crippen LogP contribution in [0.3, 0.4) is 0 Å². The van der Waals surface area contributed by atoms with Gasteiger partial charge in [-0.05, 0) is 42.5 Å². The fourth-order valence-electron chi connectivity index (χ4n) is 1.94. The summed E-state index contributed by atoms with van der Waals surface area (Å²) < 4.78 is 2.54. The van der Waals surface area contributed by atoms with Gasteiger partial charge in [-0.2, -0.15) is 5.10 Å². The predicted octanol–water partition coefficient (Wildman–Crippen LogP) is 4.54. The minimum atomic E-state index is -0.210. The van der Waals surface area contributed by atoms with E-state index in [9.17, 15) is 4.79 Å². The third kappa shape index (κ3) is 3.37. The molecule has 0 saturated carbocycles. The molecule has 0 aliphatic rings. The fourth-order valence-corrected chi connectivity index (χ4v) is 2.47. The topological polar surface area (TPSA) is 46.9 Å². The molecule has 0 bridgehead atoms. The molecule has 1 N–H and O–H groups in total. The first-order valence-corrected chi connectivity index (χ1v) is 7.66. The van der Waals surface area contributed by atoms with E-state index in [2.05, 4.69) is 26.3 Å². The molecule has 0 fully saturated rings. The van der Waals surface area contributed by atoms with Gasteiger partial charge in [0, 0.05) is 21.4 Å². The number of halogens is 2. The van der Waals surface area contributed by atoms with Gasteiger partial charge in [0.1, 0.15) is 0 Å². The zero-order valence-electron chi connectivity index (χ0n) is 11.3. The highest BCUT2D eigenvalue weighted by molar-refractivity contribution is 9.10. The van der Waals surface area contributed by atoms with Crippen molar-refractivity contribution in [2.45, 2.75) is 0 Å². The summed E-state index contributed by atoms with van der Waals surface area (Å²) in [6.07, 6.45) is 3.21. The van der Waals surface area contributed by atoms with E-state index in [4.69, 9.17) is 11.6 Å². The Bertz CT molecular complexity index is 814. The maximum Gasteiger partial charge on any atom is 0.258 e. The van der Waals surface area contributed by atoms with Gasteiger partial charge in [-0.15, -0.1) is 0 Å². The van der Waals surface area contributed by atoms with Crippen molar-refractivity contribution in [2.75, 3.05) is 5.32 Å². The lowest BCUT2D eigenvalue weighted by molar-refractivity contribution is 0.102. The third-order valence-corrected chi connectivity index (χ3v) is 3.76. The first kappa shape index (κ1) is 14.8. The number of nitrogens with zero attached hydrogens (tertiary/aromatic N) is 2. The van der Waals surface area contributed by atoms with Gasteiger partial charge in [-0.1, -0.05) is 33.6 Å². The van der Waals surface area contributed by atoms with E-state index in [1.54, 1.807) is 23.0 Å². The Kier molecular flexibility index (Phi) is 4.27. The lowest BCUT2D eigenvalue weighted by Crippen LogP contribution is -2.10. The molecule has 3 aromatic rings. The molecule has 1 amide bonds. The Morgan fingerprint density at radius 2 is 1.95 bits per heavy atom. The van der Waals surface area contributed by atoms with Crippen LogP contribution < -0.4 is 5.32 Å². The van der Waals surface area contributed by atoms with Crippen molar-refractivity contribution < 1.29 is 4.79 Å². The van der Waals surface area contributed by atoms with Crippen LogP contribution in [0.5, 0.6) is 0 Å². The molecular weight excluding hydrogens is 366 g/mol. The lowest BCUT2D eigenvalue weighted by Gasteiger charge is -2.03. The number of anilines is 1. The quantitative estimate of drug-likeness (QED) is 0.729. The molecule has 6 heteroatoms. The minimum Gasteiger partial charge on any atom is -0.322 e. The van der Waals surface area contributed by atoms with E-state index in [-0.39, 0.29) is 5.91 Å². The van der Waals surface area contributed by atoms with Crippen molar-refractivity contribution >= 4 is 39.1 Å². The molecule has 3 rings (SSSR count). The maximum atomic E-state index is 12.2. The predicted molar refractivity (Wildman–Crippen MR) is 90.7 cm³/mol. The summed E-state index contributed by atoms with van der Waals surface area (Å²) in [4.78, 5) is 12.2. The van der Waals surface area contributed by atoms with Crippen LogP contribution in [0, 0.1) is 0 Å². The number of carbonyl (C=O) groups excluding carboxylic acids is 1. The van der Waals surface area contributed by atoms with Crippen LogP contribution in [0.2, 0.25) is 5.02 Å². The van der Waals surface area contributed by atoms with E-state index < -0.39 is 0 Å². The molecule has 0 aliphatic carbocycles. The van der Waals surface area contributed by atoms with Crippen LogP contribution in [0.15, 0.2) is 65.4 Å². The smallest absolute Gasteiger partial charge is 0.258 e. The van der Waals surface area contributed by atoms with Crippen molar-refractivity contribution in [3.63, 3.8) is 0 Å². The first-order valence-electron chi connectivity index (χ1n) is 6.49. The number of nitrogens with one attached hydrogen (secondary N) is 1. The van der Waals surface area contributed by atoms with Gasteiger partial charge in [-0.25, -0.2) is 4.68 Å². The van der Waals surface area contributed by atoms with Crippen molar-refractivity contribution in [3.05, 3.63) is 76.0 Å². The van der Waals surface area contributed by atoms with Crippen LogP contribution in [0.25, 0.3) is 5.69 Å². The zero-order chi connectivity index (χ0) is 15.5. The third-order valence-electron chi connectivity index (χ3n) is 3.02. The van der Waals surface area contributed by atoms with Gasteiger partial charge in [0.15, 0.2) is 0 Å². The highest BCUT2D eigenvalue weighted by Gasteiger charge is 2.10. The maximum absolute atomic E-state index is 12.2. The molecule has 0 atom stereocenters. The average Bonchev–Trinajstić information content (AvgIpc) is 2.98. The number of hydrogen-bond acceptors (Lipinski definition) is 2. The van der Waals surface area contributed by atoms with Crippen LogP contribution in [0.1, 0.15) is 10.4 Å². The summed E-state index contributed by atoms with van der Waals surface area (Å²) >= 11 is 9.23. The molecule has 0 radical (unpaired) electrons. The molecule has 2 aromatic carbocycles. The van der Waals surface area contributed by atoms with Gasteiger partial charge >= 0.3 is 0 Å². The first-order chi connectivity index (χ1) is 10.6. The van der Waals surface area contributed by atoms with Gasteiger partial charge in [0.2, 0.25) is 0 Å². The normalized spacial score (nSPS) is 10.5. The SMILES string of the molecule is O=C(Nc1cccc(Br)c1)c1cnn(-c2ccc(Cl)cc2)c1. The van der Waals surface area contributed by atoms with E-state index in [1.165, 1.54) is 6.20 Å². The van der Waals surface area contributed by atoms with Crippen molar-refractivity contribution in [2.24, 2.45) is 0 Å². The summed E-state index contributed by atoms with van der Waals surface area (Å²) in [5.41, 5.74) is 2.04. The summed E-state index contributed by atoms with van der Waals surface area (Å²) in [6.45, 7) is 0. The monoisotopic (exact) mass is 375 g/mol. The van der Waals surface area contributed by atoms with Crippen LogP contribution in [-0.2, 0) is 0 Å². The largest absolute Gasteiger partial charge is 0.322 e. The molecular formula is C16H11BrClN3O. The second-order valence-electron chi connectivity index (χ2n) is 4.61. The van der Waals surface area contributed by atoms with Crippen molar-refractivity contribution in [1.29, 1.82) is 0 Å². The van der Waals surface area contributed by atoms with Crippen molar-refractivity contribution in [1.82, 2.24) is 9.78 Å². The standard InChI is InChI=1S/C16H11BrClN3O/c17-12-2-1-3-14(8-12)20-16(22)11-9-19-21(10-11)15-6-4-13(18)5-7-15/h1-10H,(H,20,22). The number of aromatic nitrogens is 2. The second kappa shape index (κ2) is 6.34. The van der Waals surface area contributed by atoms with Gasteiger partial charge < -0.3 is 5.32 Å². The molecule has 0 saturated heterocycles. The van der Waals surface area contributed by atoms with E-state index in [0.717, 1.165) is 15.8 Å². The molecule has 110 valence electrons. The Morgan fingerprint density at radius 3 is 2.68 bits per heavy atom. The number of benzene rings is 2. The summed E-state index contributed by atoms with van der Waals surface area (Å²) in [7, 11) is 0. The molecule has 22 heavy (non-hydrogen) atoms. The van der Waals surface area contributed by atoms with E-state index >= 15 is 0 Å². The Morgan fingerprint density at radius 1 is 1.18 bits per heavy atom. The number of rotatable bonds is 3. The minimum absolute atomic E-state index is 0.210. The Labute approximate surface area is 140 Å². The molecule has 1 aromatic heterocycles. The summed E-state index contributed by atoms with van der Waals surface area (Å²) in [6, 6.07) is 14.6. The van der Waals surface area contributed by atoms with Crippen LogP contribution in [-0.4, -0.2) is 15.7 Å². The molecule has 0 aliphatic heterocycles. The Hall–Kier alpha value is -2.11. The zero-order valence-corrected chi connectivity index (χ0v) is 13.7. The second-order valence-corrected chi connectivity index (χ2v) is 5.97. The van der Waals surface area contributed by atoms with Gasteiger partial charge in [0.05, 0.1) is 17.4 Å². The number of amides is 1. The molecule has 1 heterocycles. The van der Waals surface area contributed by atoms with Crippen molar-refractivity contribution in [3.8, 4) is 5.69 Å². The molecule has 0 spiro atoms.